The summed E-state index contributed by atoms with van der Waals surface area (Å²) in [4.78, 5) is 0. The van der Waals surface area contributed by atoms with Gasteiger partial charge in [0.1, 0.15) is 0 Å². The molecule has 0 aromatic heterocycles. The monoisotopic (exact) mass is 380 g/mol. The van der Waals surface area contributed by atoms with E-state index in [4.69, 9.17) is 0 Å². The molecule has 0 aliphatic carbocycles. The van der Waals surface area contributed by atoms with Crippen molar-refractivity contribution in [2.45, 2.75) is 19.3 Å². The van der Waals surface area contributed by atoms with E-state index >= 15 is 0 Å². The first-order valence-electron chi connectivity index (χ1n) is 9.80. The van der Waals surface area contributed by atoms with Crippen LogP contribution in [0.4, 0.5) is 0 Å². The summed E-state index contributed by atoms with van der Waals surface area (Å²) in [6.45, 7) is 0. The summed E-state index contributed by atoms with van der Waals surface area (Å²) < 4.78 is 0. The number of hydrogen-bond donors (Lipinski definition) is 0. The predicted molar refractivity (Wildman–Crippen MR) is 124 cm³/mol. The molecule has 28 heavy (non-hydrogen) atoms. The molecule has 0 amide bonds. The fraction of sp³-hybridized carbons (Fsp3) is 0.111. The molecule has 4 aromatic rings. The minimum Gasteiger partial charge on any atom is -0.105 e. The van der Waals surface area contributed by atoms with Crippen molar-refractivity contribution in [2.75, 3.05) is 0 Å². The van der Waals surface area contributed by atoms with Gasteiger partial charge in [0.25, 0.3) is 0 Å². The second kappa shape index (κ2) is 9.00. The summed E-state index contributed by atoms with van der Waals surface area (Å²) in [6.07, 6.45) is 2.90. The zero-order valence-corrected chi connectivity index (χ0v) is 17.2. The SMILES string of the molecule is Pc1ccc(Cc2ccccc2)c(Cc2ccccc2)c1Cc1ccccc1. The van der Waals surface area contributed by atoms with Crippen LogP contribution in [0, 0.1) is 0 Å². The van der Waals surface area contributed by atoms with Gasteiger partial charge >= 0.3 is 0 Å². The van der Waals surface area contributed by atoms with Crippen LogP contribution in [0.25, 0.3) is 0 Å². The van der Waals surface area contributed by atoms with Gasteiger partial charge in [0, 0.05) is 0 Å². The van der Waals surface area contributed by atoms with Crippen LogP contribution >= 0.6 is 9.24 Å². The molecule has 0 saturated carbocycles. The lowest BCUT2D eigenvalue weighted by Gasteiger charge is -2.18. The summed E-state index contributed by atoms with van der Waals surface area (Å²) in [7, 11) is 2.96. The lowest BCUT2D eigenvalue weighted by molar-refractivity contribution is 1.04. The Morgan fingerprint density at radius 1 is 0.429 bits per heavy atom. The fourth-order valence-corrected chi connectivity index (χ4v) is 4.14. The van der Waals surface area contributed by atoms with E-state index in [-0.39, 0.29) is 0 Å². The smallest absolute Gasteiger partial charge is 0.00167 e. The Bertz CT molecular complexity index is 1020. The van der Waals surface area contributed by atoms with Crippen molar-refractivity contribution in [1.29, 1.82) is 0 Å². The normalized spacial score (nSPS) is 10.8. The third kappa shape index (κ3) is 4.58. The highest BCUT2D eigenvalue weighted by Gasteiger charge is 2.13. The first kappa shape index (κ1) is 18.7. The van der Waals surface area contributed by atoms with Gasteiger partial charge in [-0.3, -0.25) is 0 Å². The van der Waals surface area contributed by atoms with E-state index in [1.807, 2.05) is 0 Å². The van der Waals surface area contributed by atoms with Crippen molar-refractivity contribution in [1.82, 2.24) is 0 Å². The molecule has 4 rings (SSSR count). The van der Waals surface area contributed by atoms with E-state index in [1.54, 1.807) is 0 Å². The molecule has 0 saturated heterocycles. The Hall–Kier alpha value is -2.69. The zero-order chi connectivity index (χ0) is 19.2. The molecule has 0 radical (unpaired) electrons. The molecule has 0 bridgehead atoms. The van der Waals surface area contributed by atoms with Gasteiger partial charge in [-0.05, 0) is 57.9 Å². The number of benzene rings is 4. The van der Waals surface area contributed by atoms with Crippen LogP contribution in [0.5, 0.6) is 0 Å². The van der Waals surface area contributed by atoms with Crippen LogP contribution in [-0.4, -0.2) is 0 Å². The third-order valence-corrected chi connectivity index (χ3v) is 5.79. The summed E-state index contributed by atoms with van der Waals surface area (Å²) in [5.74, 6) is 0. The van der Waals surface area contributed by atoms with Crippen LogP contribution in [-0.2, 0) is 19.3 Å². The Morgan fingerprint density at radius 2 is 0.857 bits per heavy atom. The van der Waals surface area contributed by atoms with Crippen molar-refractivity contribution in [3.63, 3.8) is 0 Å². The van der Waals surface area contributed by atoms with E-state index in [0.29, 0.717) is 0 Å². The maximum atomic E-state index is 2.96. The Kier molecular flexibility index (Phi) is 6.00. The molecule has 0 nitrogen and oxygen atoms in total. The molecule has 0 N–H and O–H groups in total. The Balaban J connectivity index is 1.77. The summed E-state index contributed by atoms with van der Waals surface area (Å²) in [5.41, 5.74) is 8.41. The predicted octanol–water partition coefficient (Wildman–Crippen LogP) is 5.96. The molecular formula is C27H25P. The highest BCUT2D eigenvalue weighted by atomic mass is 31.0. The molecule has 0 heterocycles. The molecule has 0 aliphatic rings. The molecule has 4 aromatic carbocycles. The maximum absolute atomic E-state index is 2.96. The average molecular weight is 380 g/mol. The molecule has 1 unspecified atom stereocenters. The average Bonchev–Trinajstić information content (AvgIpc) is 2.75. The first-order chi connectivity index (χ1) is 13.8. The van der Waals surface area contributed by atoms with Crippen LogP contribution in [0.1, 0.15) is 33.4 Å². The molecular weight excluding hydrogens is 355 g/mol. The van der Waals surface area contributed by atoms with Gasteiger partial charge in [-0.25, -0.2) is 0 Å². The van der Waals surface area contributed by atoms with Gasteiger partial charge < -0.3 is 0 Å². The van der Waals surface area contributed by atoms with Crippen molar-refractivity contribution in [3.8, 4) is 0 Å². The Morgan fingerprint density at radius 3 is 1.36 bits per heavy atom. The first-order valence-corrected chi connectivity index (χ1v) is 10.4. The highest BCUT2D eigenvalue weighted by Crippen LogP contribution is 2.24. The number of rotatable bonds is 6. The molecule has 138 valence electrons. The number of hydrogen-bond acceptors (Lipinski definition) is 0. The molecule has 1 atom stereocenters. The highest BCUT2D eigenvalue weighted by molar-refractivity contribution is 7.27. The summed E-state index contributed by atoms with van der Waals surface area (Å²) in [6, 6.07) is 36.9. The molecule has 0 aliphatic heterocycles. The second-order valence-corrected chi connectivity index (χ2v) is 7.88. The van der Waals surface area contributed by atoms with Gasteiger partial charge in [0.05, 0.1) is 0 Å². The van der Waals surface area contributed by atoms with E-state index in [1.165, 1.54) is 38.7 Å². The molecule has 1 heteroatoms. The van der Waals surface area contributed by atoms with Crippen molar-refractivity contribution < 1.29 is 0 Å². The van der Waals surface area contributed by atoms with Crippen molar-refractivity contribution >= 4 is 14.5 Å². The lowest BCUT2D eigenvalue weighted by atomic mass is 9.88. The van der Waals surface area contributed by atoms with E-state index < -0.39 is 0 Å². The zero-order valence-electron chi connectivity index (χ0n) is 16.0. The van der Waals surface area contributed by atoms with Crippen LogP contribution in [0.3, 0.4) is 0 Å². The minimum absolute atomic E-state index is 0.963. The van der Waals surface area contributed by atoms with Gasteiger partial charge in [0.2, 0.25) is 0 Å². The third-order valence-electron chi connectivity index (χ3n) is 5.25. The molecule has 0 fully saturated rings. The van der Waals surface area contributed by atoms with Crippen molar-refractivity contribution in [3.05, 3.63) is 137 Å². The van der Waals surface area contributed by atoms with E-state index in [2.05, 4.69) is 112 Å². The van der Waals surface area contributed by atoms with Gasteiger partial charge in [-0.2, -0.15) is 0 Å². The van der Waals surface area contributed by atoms with Gasteiger partial charge in [-0.1, -0.05) is 103 Å². The Labute approximate surface area is 170 Å². The van der Waals surface area contributed by atoms with E-state index in [0.717, 1.165) is 19.3 Å². The second-order valence-electron chi connectivity index (χ2n) is 7.26. The maximum Gasteiger partial charge on any atom is -0.00167 e. The van der Waals surface area contributed by atoms with Crippen LogP contribution in [0.2, 0.25) is 0 Å². The van der Waals surface area contributed by atoms with Crippen LogP contribution < -0.4 is 5.30 Å². The fourth-order valence-electron chi connectivity index (χ4n) is 3.77. The van der Waals surface area contributed by atoms with Gasteiger partial charge in [0.15, 0.2) is 0 Å². The minimum atomic E-state index is 0.963. The summed E-state index contributed by atoms with van der Waals surface area (Å²) >= 11 is 0. The largest absolute Gasteiger partial charge is 0.105 e. The molecule has 0 spiro atoms. The standard InChI is InChI=1S/C27H25P/c28-27-17-16-24(18-21-10-4-1-5-11-21)25(19-22-12-6-2-7-13-22)26(27)20-23-14-8-3-9-15-23/h1-17H,18-20,28H2. The topological polar surface area (TPSA) is 0 Å². The van der Waals surface area contributed by atoms with E-state index in [9.17, 15) is 0 Å². The van der Waals surface area contributed by atoms with Crippen LogP contribution in [0.15, 0.2) is 103 Å². The quantitative estimate of drug-likeness (QED) is 0.362. The summed E-state index contributed by atoms with van der Waals surface area (Å²) in [5, 5.41) is 1.30. The lowest BCUT2D eigenvalue weighted by Crippen LogP contribution is -2.12. The van der Waals surface area contributed by atoms with Crippen molar-refractivity contribution in [2.24, 2.45) is 0 Å². The van der Waals surface area contributed by atoms with Gasteiger partial charge in [-0.15, -0.1) is 9.24 Å².